The van der Waals surface area contributed by atoms with E-state index in [0.717, 1.165) is 18.2 Å². The quantitative estimate of drug-likeness (QED) is 0.397. The number of sulfonamides is 1. The number of benzene rings is 1. The maximum absolute atomic E-state index is 12.9. The molecule has 9 heteroatoms. The number of aliphatic hydroxyl groups is 1. The van der Waals surface area contributed by atoms with E-state index in [1.807, 2.05) is 37.3 Å². The molecule has 0 spiro atoms. The zero-order valence-electron chi connectivity index (χ0n) is 20.2. The minimum atomic E-state index is -3.60. The Morgan fingerprint density at radius 3 is 2.38 bits per heavy atom. The van der Waals surface area contributed by atoms with Gasteiger partial charge in [0.2, 0.25) is 15.7 Å². The number of carbonyl (C=O) groups excluding carboxylic acids is 1. The number of unbranched alkanes of at least 4 members (excludes halogenated alkanes) is 2. The first-order valence-corrected chi connectivity index (χ1v) is 13.5. The summed E-state index contributed by atoms with van der Waals surface area (Å²) in [5.74, 6) is 0.415. The van der Waals surface area contributed by atoms with Crippen LogP contribution in [0.25, 0.3) is 22.4 Å². The topological polar surface area (TPSA) is 113 Å². The zero-order valence-corrected chi connectivity index (χ0v) is 21.0. The van der Waals surface area contributed by atoms with Gasteiger partial charge < -0.3 is 14.8 Å². The van der Waals surface area contributed by atoms with Crippen molar-refractivity contribution in [3.63, 3.8) is 0 Å². The van der Waals surface area contributed by atoms with Crippen molar-refractivity contribution in [2.75, 3.05) is 30.8 Å². The first-order valence-electron chi connectivity index (χ1n) is 11.6. The number of fused-ring (bicyclic) bond motifs is 1. The molecule has 8 nitrogen and oxygen atoms in total. The summed E-state index contributed by atoms with van der Waals surface area (Å²) in [6.45, 7) is 4.31. The lowest BCUT2D eigenvalue weighted by Crippen LogP contribution is -2.32. The first-order chi connectivity index (χ1) is 16.2. The summed E-state index contributed by atoms with van der Waals surface area (Å²) in [7, 11) is -2.04. The van der Waals surface area contributed by atoms with Gasteiger partial charge in [0.1, 0.15) is 11.6 Å². The van der Waals surface area contributed by atoms with Crippen molar-refractivity contribution in [2.24, 2.45) is 0 Å². The van der Waals surface area contributed by atoms with E-state index in [1.54, 1.807) is 7.05 Å². The summed E-state index contributed by atoms with van der Waals surface area (Å²) in [5, 5.41) is 12.3. The minimum absolute atomic E-state index is 0.0694. The average molecular weight is 488 g/mol. The van der Waals surface area contributed by atoms with Gasteiger partial charge in [-0.25, -0.2) is 8.42 Å². The number of aromatic nitrogens is 1. The van der Waals surface area contributed by atoms with E-state index < -0.39 is 10.0 Å². The van der Waals surface area contributed by atoms with Gasteiger partial charge in [0.05, 0.1) is 17.2 Å². The van der Waals surface area contributed by atoms with Crippen LogP contribution in [0.15, 0.2) is 34.7 Å². The molecule has 184 valence electrons. The summed E-state index contributed by atoms with van der Waals surface area (Å²) < 4.78 is 32.7. The molecule has 0 aliphatic heterocycles. The van der Waals surface area contributed by atoms with Crippen LogP contribution in [-0.2, 0) is 22.9 Å². The van der Waals surface area contributed by atoms with E-state index in [4.69, 9.17) is 9.52 Å². The normalized spacial score (nSPS) is 11.7. The van der Waals surface area contributed by atoms with Gasteiger partial charge in [0.25, 0.3) is 5.91 Å². The third-order valence-electron chi connectivity index (χ3n) is 5.85. The Kier molecular flexibility index (Phi) is 8.33. The number of carbonyl (C=O) groups is 1. The van der Waals surface area contributed by atoms with Gasteiger partial charge in [-0.15, -0.1) is 0 Å². The molecule has 0 radical (unpaired) electrons. The Balaban J connectivity index is 2.19. The van der Waals surface area contributed by atoms with Crippen molar-refractivity contribution < 1.29 is 22.7 Å². The van der Waals surface area contributed by atoms with Crippen molar-refractivity contribution in [3.05, 3.63) is 47.0 Å². The molecule has 0 fully saturated rings. The van der Waals surface area contributed by atoms with E-state index in [2.05, 4.69) is 17.2 Å². The highest BCUT2D eigenvalue weighted by molar-refractivity contribution is 7.92. The monoisotopic (exact) mass is 487 g/mol. The van der Waals surface area contributed by atoms with Crippen molar-refractivity contribution >= 4 is 32.8 Å². The summed E-state index contributed by atoms with van der Waals surface area (Å²) in [6, 6.07) is 9.61. The number of aliphatic hydroxyl groups excluding tert-OH is 1. The molecule has 2 heterocycles. The predicted molar refractivity (Wildman–Crippen MR) is 135 cm³/mol. The Morgan fingerprint density at radius 1 is 1.12 bits per heavy atom. The zero-order chi connectivity index (χ0) is 24.9. The largest absolute Gasteiger partial charge is 0.437 e. The maximum atomic E-state index is 12.9. The van der Waals surface area contributed by atoms with Crippen LogP contribution < -0.4 is 9.62 Å². The first kappa shape index (κ1) is 25.7. The van der Waals surface area contributed by atoms with Crippen molar-refractivity contribution in [1.29, 1.82) is 0 Å². The summed E-state index contributed by atoms with van der Waals surface area (Å²) in [6.07, 6.45) is 4.48. The lowest BCUT2D eigenvalue weighted by Gasteiger charge is -2.23. The van der Waals surface area contributed by atoms with Crippen LogP contribution in [0.2, 0.25) is 0 Å². The second-order valence-electron chi connectivity index (χ2n) is 8.23. The van der Waals surface area contributed by atoms with Crippen LogP contribution in [-0.4, -0.2) is 50.9 Å². The molecule has 34 heavy (non-hydrogen) atoms. The van der Waals surface area contributed by atoms with E-state index in [-0.39, 0.29) is 24.8 Å². The number of rotatable bonds is 11. The maximum Gasteiger partial charge on any atom is 0.255 e. The number of hydrogen-bond donors (Lipinski definition) is 2. The van der Waals surface area contributed by atoms with Gasteiger partial charge in [-0.1, -0.05) is 38.1 Å². The SMILES string of the molecule is CCc1ccc(-c2oc3nc(N(CCCCCO)S(C)(=O)=O)c(CC)cc3c2C(=O)NC)cc1. The lowest BCUT2D eigenvalue weighted by atomic mass is 10.0. The minimum Gasteiger partial charge on any atom is -0.437 e. The van der Waals surface area contributed by atoms with Crippen molar-refractivity contribution in [1.82, 2.24) is 10.3 Å². The van der Waals surface area contributed by atoms with E-state index in [9.17, 15) is 13.2 Å². The number of amides is 1. The molecule has 3 rings (SSSR count). The van der Waals surface area contributed by atoms with Crippen LogP contribution in [0.5, 0.6) is 0 Å². The Bertz CT molecular complexity index is 1250. The molecule has 2 N–H and O–H groups in total. The summed E-state index contributed by atoms with van der Waals surface area (Å²) in [4.78, 5) is 17.5. The molecule has 1 aromatic carbocycles. The second kappa shape index (κ2) is 11.0. The lowest BCUT2D eigenvalue weighted by molar-refractivity contribution is 0.0964. The number of furan rings is 1. The summed E-state index contributed by atoms with van der Waals surface area (Å²) in [5.41, 5.74) is 3.21. The van der Waals surface area contributed by atoms with E-state index in [0.29, 0.717) is 53.8 Å². The number of hydrogen-bond acceptors (Lipinski definition) is 6. The molecule has 2 aromatic heterocycles. The number of anilines is 1. The second-order valence-corrected chi connectivity index (χ2v) is 10.1. The average Bonchev–Trinajstić information content (AvgIpc) is 3.20. The Hall–Kier alpha value is -2.91. The third kappa shape index (κ3) is 5.42. The van der Waals surface area contributed by atoms with E-state index in [1.165, 1.54) is 9.87 Å². The van der Waals surface area contributed by atoms with Gasteiger partial charge in [-0.2, -0.15) is 4.98 Å². The van der Waals surface area contributed by atoms with Crippen LogP contribution >= 0.6 is 0 Å². The molecular formula is C25H33N3O5S. The molecule has 3 aromatic rings. The highest BCUT2D eigenvalue weighted by atomic mass is 32.2. The van der Waals surface area contributed by atoms with Gasteiger partial charge in [-0.05, 0) is 49.3 Å². The Labute approximate surface area is 201 Å². The fraction of sp³-hybridized carbons (Fsp3) is 0.440. The predicted octanol–water partition coefficient (Wildman–Crippen LogP) is 3.91. The molecular weight excluding hydrogens is 454 g/mol. The Morgan fingerprint density at radius 2 is 1.82 bits per heavy atom. The molecule has 0 saturated heterocycles. The van der Waals surface area contributed by atoms with Crippen LogP contribution in [0, 0.1) is 0 Å². The van der Waals surface area contributed by atoms with Crippen LogP contribution in [0.4, 0.5) is 5.82 Å². The molecule has 0 aliphatic carbocycles. The van der Waals surface area contributed by atoms with Crippen LogP contribution in [0.3, 0.4) is 0 Å². The smallest absolute Gasteiger partial charge is 0.255 e. The van der Waals surface area contributed by atoms with Crippen molar-refractivity contribution in [3.8, 4) is 11.3 Å². The van der Waals surface area contributed by atoms with Gasteiger partial charge in [-0.3, -0.25) is 9.10 Å². The fourth-order valence-corrected chi connectivity index (χ4v) is 4.88. The standard InChI is InChI=1S/C25H33N3O5S/c1-5-17-10-12-19(13-11-17)22-21(24(30)26-3)20-16-18(6-2)23(27-25(20)33-22)28(34(4,31)32)14-8-7-9-15-29/h10-13,16,29H,5-9,14-15H2,1-4H3,(H,26,30). The highest BCUT2D eigenvalue weighted by Gasteiger charge is 2.27. The molecule has 1 amide bonds. The highest BCUT2D eigenvalue weighted by Crippen LogP contribution is 2.36. The summed E-state index contributed by atoms with van der Waals surface area (Å²) >= 11 is 0. The number of nitrogens with one attached hydrogen (secondary N) is 1. The van der Waals surface area contributed by atoms with Gasteiger partial charge >= 0.3 is 0 Å². The number of pyridine rings is 1. The number of aryl methyl sites for hydroxylation is 2. The van der Waals surface area contributed by atoms with E-state index >= 15 is 0 Å². The molecule has 0 saturated carbocycles. The number of nitrogens with zero attached hydrogens (tertiary/aromatic N) is 2. The van der Waals surface area contributed by atoms with Crippen molar-refractivity contribution in [2.45, 2.75) is 46.0 Å². The van der Waals surface area contributed by atoms with Crippen LogP contribution in [0.1, 0.15) is 54.6 Å². The molecule has 0 unspecified atom stereocenters. The van der Waals surface area contributed by atoms with Gasteiger partial charge in [0.15, 0.2) is 0 Å². The fourth-order valence-electron chi connectivity index (χ4n) is 3.95. The third-order valence-corrected chi connectivity index (χ3v) is 7.01. The molecule has 0 aliphatic rings. The van der Waals surface area contributed by atoms with Gasteiger partial charge in [0, 0.05) is 25.8 Å². The molecule has 0 atom stereocenters. The molecule has 0 bridgehead atoms.